The maximum Gasteiger partial charge on any atom is 0.417 e. The predicted molar refractivity (Wildman–Crippen MR) is 120 cm³/mol. The maximum atomic E-state index is 13.7. The van der Waals surface area contributed by atoms with Gasteiger partial charge in [0.05, 0.1) is 21.3 Å². The number of ether oxygens (including phenoxy) is 1. The molecule has 2 aromatic heterocycles. The van der Waals surface area contributed by atoms with Gasteiger partial charge in [-0.2, -0.15) is 13.2 Å². The van der Waals surface area contributed by atoms with Gasteiger partial charge in [0.15, 0.2) is 0 Å². The van der Waals surface area contributed by atoms with Crippen molar-refractivity contribution in [1.82, 2.24) is 15.6 Å². The minimum atomic E-state index is -4.57. The van der Waals surface area contributed by atoms with E-state index < -0.39 is 23.7 Å². The Balaban J connectivity index is 1.45. The van der Waals surface area contributed by atoms with Crippen LogP contribution in [-0.2, 0) is 10.9 Å². The van der Waals surface area contributed by atoms with Crippen LogP contribution in [0.4, 0.5) is 23.8 Å². The van der Waals surface area contributed by atoms with Crippen LogP contribution in [0.2, 0.25) is 0 Å². The number of nitrogens with one attached hydrogen (secondary N) is 2. The SMILES string of the molecule is CNC(=O)c1csc2c(C(F)(F)F)cc(N3CCC(OC(=O)N[C@H](C)CC4CC4)CC3)nc12. The number of pyridine rings is 1. The molecule has 1 aliphatic carbocycles. The van der Waals surface area contributed by atoms with Crippen molar-refractivity contribution in [1.29, 1.82) is 0 Å². The summed E-state index contributed by atoms with van der Waals surface area (Å²) < 4.78 is 46.7. The summed E-state index contributed by atoms with van der Waals surface area (Å²) in [6, 6.07) is 1.10. The van der Waals surface area contributed by atoms with Crippen LogP contribution in [0, 0.1) is 5.92 Å². The van der Waals surface area contributed by atoms with Crippen LogP contribution in [0.15, 0.2) is 11.4 Å². The standard InChI is InChI=1S/C22H27F3N4O3S/c1-12(9-13-3-4-13)27-21(31)32-14-5-7-29(8-6-14)17-10-16(22(23,24)25)19-18(28-17)15(11-33-19)20(30)26-2/h10-14H,3-9H2,1-2H3,(H,26,30)(H,27,31)/t12-/m1/s1. The van der Waals surface area contributed by atoms with Gasteiger partial charge in [0.2, 0.25) is 0 Å². The number of hydrogen-bond donors (Lipinski definition) is 2. The van der Waals surface area contributed by atoms with E-state index in [1.54, 1.807) is 4.90 Å². The van der Waals surface area contributed by atoms with Gasteiger partial charge in [-0.3, -0.25) is 4.79 Å². The first-order valence-corrected chi connectivity index (χ1v) is 12.0. The second kappa shape index (κ2) is 9.36. The van der Waals surface area contributed by atoms with E-state index in [9.17, 15) is 22.8 Å². The van der Waals surface area contributed by atoms with Crippen molar-refractivity contribution >= 4 is 39.4 Å². The van der Waals surface area contributed by atoms with Crippen LogP contribution in [0.1, 0.15) is 54.9 Å². The lowest BCUT2D eigenvalue weighted by Crippen LogP contribution is -2.41. The van der Waals surface area contributed by atoms with Gasteiger partial charge in [0, 0.05) is 44.4 Å². The van der Waals surface area contributed by atoms with Gasteiger partial charge in [-0.1, -0.05) is 12.8 Å². The zero-order valence-corrected chi connectivity index (χ0v) is 19.3. The first-order valence-electron chi connectivity index (χ1n) is 11.1. The van der Waals surface area contributed by atoms with Crippen molar-refractivity contribution < 1.29 is 27.5 Å². The second-order valence-electron chi connectivity index (χ2n) is 8.75. The highest BCUT2D eigenvalue weighted by atomic mass is 32.1. The number of carbonyl (C=O) groups excluding carboxylic acids is 2. The van der Waals surface area contributed by atoms with Crippen molar-refractivity contribution in [3.8, 4) is 0 Å². The first-order chi connectivity index (χ1) is 15.7. The smallest absolute Gasteiger partial charge is 0.417 e. The summed E-state index contributed by atoms with van der Waals surface area (Å²) in [7, 11) is 1.42. The van der Waals surface area contributed by atoms with Crippen molar-refractivity contribution in [3.63, 3.8) is 0 Å². The van der Waals surface area contributed by atoms with Crippen LogP contribution in [-0.4, -0.2) is 49.3 Å². The molecule has 1 atom stereocenters. The van der Waals surface area contributed by atoms with E-state index in [-0.39, 0.29) is 33.7 Å². The largest absolute Gasteiger partial charge is 0.446 e. The minimum absolute atomic E-state index is 0.0478. The van der Waals surface area contributed by atoms with Gasteiger partial charge in [0.25, 0.3) is 5.91 Å². The van der Waals surface area contributed by atoms with Gasteiger partial charge >= 0.3 is 12.3 Å². The highest BCUT2D eigenvalue weighted by Crippen LogP contribution is 2.40. The fourth-order valence-corrected chi connectivity index (χ4v) is 5.19. The molecular weight excluding hydrogens is 457 g/mol. The second-order valence-corrected chi connectivity index (χ2v) is 9.63. The first kappa shape index (κ1) is 23.6. The van der Waals surface area contributed by atoms with Crippen LogP contribution >= 0.6 is 11.3 Å². The molecule has 2 fully saturated rings. The number of alkyl carbamates (subject to hydrolysis) is 1. The molecule has 0 unspecified atom stereocenters. The molecule has 0 radical (unpaired) electrons. The number of nitrogens with zero attached hydrogens (tertiary/aromatic N) is 2. The molecule has 0 spiro atoms. The lowest BCUT2D eigenvalue weighted by molar-refractivity contribution is -0.136. The molecular formula is C22H27F3N4O3S. The predicted octanol–water partition coefficient (Wildman–Crippen LogP) is 4.56. The molecule has 1 saturated carbocycles. The van der Waals surface area contributed by atoms with Crippen molar-refractivity contribution in [2.75, 3.05) is 25.0 Å². The average Bonchev–Trinajstić information content (AvgIpc) is 3.47. The zero-order valence-electron chi connectivity index (χ0n) is 18.5. The summed E-state index contributed by atoms with van der Waals surface area (Å²) in [5, 5.41) is 6.70. The summed E-state index contributed by atoms with van der Waals surface area (Å²) in [6.45, 7) is 2.75. The average molecular weight is 485 g/mol. The lowest BCUT2D eigenvalue weighted by Gasteiger charge is -2.33. The number of carbonyl (C=O) groups is 2. The number of rotatable bonds is 6. The van der Waals surface area contributed by atoms with Gasteiger partial charge in [-0.05, 0) is 25.3 Å². The Morgan fingerprint density at radius 2 is 1.97 bits per heavy atom. The van der Waals surface area contributed by atoms with Crippen LogP contribution in [0.3, 0.4) is 0 Å². The number of piperidine rings is 1. The molecule has 180 valence electrons. The topological polar surface area (TPSA) is 83.6 Å². The normalized spacial score (nSPS) is 18.3. The van der Waals surface area contributed by atoms with Crippen LogP contribution in [0.5, 0.6) is 0 Å². The maximum absolute atomic E-state index is 13.7. The number of amides is 2. The Kier molecular flexibility index (Phi) is 6.69. The molecule has 0 bridgehead atoms. The number of halogens is 3. The van der Waals surface area contributed by atoms with Gasteiger partial charge < -0.3 is 20.3 Å². The van der Waals surface area contributed by atoms with Gasteiger partial charge in [-0.15, -0.1) is 11.3 Å². The Morgan fingerprint density at radius 1 is 1.27 bits per heavy atom. The molecule has 2 N–H and O–H groups in total. The summed E-state index contributed by atoms with van der Waals surface area (Å²) >= 11 is 0.860. The lowest BCUT2D eigenvalue weighted by atomic mass is 10.1. The summed E-state index contributed by atoms with van der Waals surface area (Å²) in [5.41, 5.74) is -0.628. The number of hydrogen-bond acceptors (Lipinski definition) is 6. The molecule has 1 aliphatic heterocycles. The van der Waals surface area contributed by atoms with E-state index in [1.165, 1.54) is 25.3 Å². The molecule has 3 heterocycles. The van der Waals surface area contributed by atoms with Crippen molar-refractivity contribution in [2.45, 2.75) is 57.3 Å². The summed E-state index contributed by atoms with van der Waals surface area (Å²) in [6.07, 6.45) is -0.982. The quantitative estimate of drug-likeness (QED) is 0.628. The zero-order chi connectivity index (χ0) is 23.8. The van der Waals surface area contributed by atoms with Crippen LogP contribution in [0.25, 0.3) is 10.2 Å². The molecule has 11 heteroatoms. The minimum Gasteiger partial charge on any atom is -0.446 e. The molecule has 2 amide bonds. The summed E-state index contributed by atoms with van der Waals surface area (Å²) in [5.74, 6) is 0.384. The van der Waals surface area contributed by atoms with E-state index in [1.807, 2.05) is 6.92 Å². The molecule has 33 heavy (non-hydrogen) atoms. The Bertz CT molecular complexity index is 1030. The molecule has 1 saturated heterocycles. The van der Waals surface area contributed by atoms with Crippen LogP contribution < -0.4 is 15.5 Å². The molecule has 7 nitrogen and oxygen atoms in total. The highest BCUT2D eigenvalue weighted by molar-refractivity contribution is 7.17. The Hall–Kier alpha value is -2.56. The van der Waals surface area contributed by atoms with Crippen molar-refractivity contribution in [2.24, 2.45) is 5.92 Å². The highest BCUT2D eigenvalue weighted by Gasteiger charge is 2.36. The fraction of sp³-hybridized carbons (Fsp3) is 0.591. The monoisotopic (exact) mass is 484 g/mol. The number of aromatic nitrogens is 1. The third-order valence-corrected chi connectivity index (χ3v) is 7.08. The molecule has 0 aromatic carbocycles. The summed E-state index contributed by atoms with van der Waals surface area (Å²) in [4.78, 5) is 30.4. The molecule has 4 rings (SSSR count). The third-order valence-electron chi connectivity index (χ3n) is 6.07. The number of thiophene rings is 1. The van der Waals surface area contributed by atoms with E-state index in [2.05, 4.69) is 15.6 Å². The van der Waals surface area contributed by atoms with Gasteiger partial charge in [-0.25, -0.2) is 9.78 Å². The van der Waals surface area contributed by atoms with E-state index in [4.69, 9.17) is 4.74 Å². The fourth-order valence-electron chi connectivity index (χ4n) is 4.17. The van der Waals surface area contributed by atoms with E-state index >= 15 is 0 Å². The van der Waals surface area contributed by atoms with Gasteiger partial charge in [0.1, 0.15) is 11.9 Å². The van der Waals surface area contributed by atoms with E-state index in [0.717, 1.165) is 23.8 Å². The molecule has 2 aromatic rings. The van der Waals surface area contributed by atoms with E-state index in [0.29, 0.717) is 31.8 Å². The molecule has 2 aliphatic rings. The third kappa shape index (κ3) is 5.51. The number of fused-ring (bicyclic) bond motifs is 1. The Morgan fingerprint density at radius 3 is 2.58 bits per heavy atom. The Labute approximate surface area is 193 Å². The number of alkyl halides is 3. The van der Waals surface area contributed by atoms with Crippen molar-refractivity contribution in [3.05, 3.63) is 22.6 Å². The number of anilines is 1.